The first-order valence-electron chi connectivity index (χ1n) is 5.40. The van der Waals surface area contributed by atoms with Gasteiger partial charge in [-0.3, -0.25) is 0 Å². The monoisotopic (exact) mass is 326 g/mol. The molecule has 0 bridgehead atoms. The van der Waals surface area contributed by atoms with Gasteiger partial charge in [0.2, 0.25) is 0 Å². The number of methoxy groups -OCH3 is 1. The van der Waals surface area contributed by atoms with Gasteiger partial charge in [-0.1, -0.05) is 29.8 Å². The van der Waals surface area contributed by atoms with Gasteiger partial charge in [-0.05, 0) is 40.2 Å². The summed E-state index contributed by atoms with van der Waals surface area (Å²) in [6, 6.07) is 13.2. The molecule has 0 spiro atoms. The lowest BCUT2D eigenvalue weighted by atomic mass is 10.2. The van der Waals surface area contributed by atoms with Crippen molar-refractivity contribution in [1.82, 2.24) is 0 Å². The summed E-state index contributed by atoms with van der Waals surface area (Å²) in [5.41, 5.74) is 0.960. The number of hydrogen-bond donors (Lipinski definition) is 0. The number of rotatable bonds is 4. The molecule has 18 heavy (non-hydrogen) atoms. The molecule has 0 fully saturated rings. The molecule has 0 saturated heterocycles. The van der Waals surface area contributed by atoms with Gasteiger partial charge in [0.25, 0.3) is 0 Å². The Labute approximate surface area is 120 Å². The summed E-state index contributed by atoms with van der Waals surface area (Å²) in [4.78, 5) is 0. The highest BCUT2D eigenvalue weighted by molar-refractivity contribution is 9.10. The van der Waals surface area contributed by atoms with E-state index in [0.717, 1.165) is 21.5 Å². The van der Waals surface area contributed by atoms with Gasteiger partial charge in [0.1, 0.15) is 18.1 Å². The fourth-order valence-electron chi connectivity index (χ4n) is 1.50. The van der Waals surface area contributed by atoms with Crippen molar-refractivity contribution in [2.45, 2.75) is 6.61 Å². The van der Waals surface area contributed by atoms with Gasteiger partial charge in [0, 0.05) is 10.6 Å². The second-order valence-electron chi connectivity index (χ2n) is 3.68. The molecule has 0 N–H and O–H groups in total. The van der Waals surface area contributed by atoms with Crippen LogP contribution in [-0.2, 0) is 6.61 Å². The Morgan fingerprint density at radius 1 is 1.17 bits per heavy atom. The van der Waals surface area contributed by atoms with Crippen LogP contribution < -0.4 is 9.47 Å². The van der Waals surface area contributed by atoms with Crippen molar-refractivity contribution in [2.75, 3.05) is 7.11 Å². The first kappa shape index (κ1) is 13.2. The fraction of sp³-hybridized carbons (Fsp3) is 0.143. The molecule has 0 aliphatic carbocycles. The van der Waals surface area contributed by atoms with Gasteiger partial charge in [-0.15, -0.1) is 0 Å². The molecule has 94 valence electrons. The van der Waals surface area contributed by atoms with Crippen LogP contribution in [0.2, 0.25) is 5.02 Å². The van der Waals surface area contributed by atoms with Gasteiger partial charge in [0.05, 0.1) is 11.6 Å². The lowest BCUT2D eigenvalue weighted by Gasteiger charge is -2.10. The summed E-state index contributed by atoms with van der Waals surface area (Å²) >= 11 is 9.51. The van der Waals surface area contributed by atoms with Gasteiger partial charge in [0.15, 0.2) is 0 Å². The molecule has 0 heterocycles. The summed E-state index contributed by atoms with van der Waals surface area (Å²) in [7, 11) is 1.63. The van der Waals surface area contributed by atoms with Gasteiger partial charge >= 0.3 is 0 Å². The minimum Gasteiger partial charge on any atom is -0.497 e. The van der Waals surface area contributed by atoms with Gasteiger partial charge < -0.3 is 9.47 Å². The number of halogens is 2. The first-order chi connectivity index (χ1) is 8.70. The van der Waals surface area contributed by atoms with E-state index in [4.69, 9.17) is 21.1 Å². The van der Waals surface area contributed by atoms with Crippen molar-refractivity contribution in [3.63, 3.8) is 0 Å². The minimum atomic E-state index is 0.435. The predicted molar refractivity (Wildman–Crippen MR) is 76.5 cm³/mol. The Kier molecular flexibility index (Phi) is 4.50. The van der Waals surface area contributed by atoms with E-state index in [2.05, 4.69) is 15.9 Å². The second kappa shape index (κ2) is 6.12. The zero-order valence-corrected chi connectivity index (χ0v) is 12.2. The van der Waals surface area contributed by atoms with E-state index in [0.29, 0.717) is 11.6 Å². The summed E-state index contributed by atoms with van der Waals surface area (Å²) in [5, 5.41) is 0.710. The van der Waals surface area contributed by atoms with Crippen LogP contribution in [0.1, 0.15) is 5.56 Å². The maximum atomic E-state index is 6.07. The van der Waals surface area contributed by atoms with Crippen LogP contribution >= 0.6 is 27.5 Å². The highest BCUT2D eigenvalue weighted by atomic mass is 79.9. The number of ether oxygens (including phenoxy) is 2. The molecular weight excluding hydrogens is 316 g/mol. The van der Waals surface area contributed by atoms with Crippen LogP contribution in [0.3, 0.4) is 0 Å². The Morgan fingerprint density at radius 2 is 1.94 bits per heavy atom. The van der Waals surface area contributed by atoms with Crippen LogP contribution in [0, 0.1) is 0 Å². The Morgan fingerprint density at radius 3 is 2.61 bits per heavy atom. The fourth-order valence-corrected chi connectivity index (χ4v) is 2.16. The molecular formula is C14H12BrClO2. The Balaban J connectivity index is 2.09. The maximum absolute atomic E-state index is 6.07. The van der Waals surface area contributed by atoms with E-state index in [-0.39, 0.29) is 0 Å². The molecule has 0 unspecified atom stereocenters. The molecule has 2 nitrogen and oxygen atoms in total. The SMILES string of the molecule is COc1ccc(OCc2ccccc2Cl)c(Br)c1. The summed E-state index contributed by atoms with van der Waals surface area (Å²) in [5.74, 6) is 1.54. The predicted octanol–water partition coefficient (Wildman–Crippen LogP) is 4.69. The van der Waals surface area contributed by atoms with E-state index in [1.165, 1.54) is 0 Å². The smallest absolute Gasteiger partial charge is 0.134 e. The molecule has 0 aromatic heterocycles. The lowest BCUT2D eigenvalue weighted by Crippen LogP contribution is -1.97. The van der Waals surface area contributed by atoms with Crippen molar-refractivity contribution in [2.24, 2.45) is 0 Å². The van der Waals surface area contributed by atoms with E-state index in [1.54, 1.807) is 7.11 Å². The lowest BCUT2D eigenvalue weighted by molar-refractivity contribution is 0.303. The summed E-state index contributed by atoms with van der Waals surface area (Å²) in [6.07, 6.45) is 0. The van der Waals surface area contributed by atoms with Gasteiger partial charge in [-0.2, -0.15) is 0 Å². The molecule has 0 aliphatic heterocycles. The standard InChI is InChI=1S/C14H12BrClO2/c1-17-11-6-7-14(12(15)8-11)18-9-10-4-2-3-5-13(10)16/h2-8H,9H2,1H3. The van der Waals surface area contributed by atoms with E-state index >= 15 is 0 Å². The van der Waals surface area contributed by atoms with E-state index < -0.39 is 0 Å². The summed E-state index contributed by atoms with van der Waals surface area (Å²) < 4.78 is 11.7. The molecule has 2 rings (SSSR count). The molecule has 4 heteroatoms. The van der Waals surface area contributed by atoms with Crippen molar-refractivity contribution in [3.05, 3.63) is 57.5 Å². The third-order valence-corrected chi connectivity index (χ3v) is 3.47. The molecule has 0 amide bonds. The quantitative estimate of drug-likeness (QED) is 0.811. The topological polar surface area (TPSA) is 18.5 Å². The van der Waals surface area contributed by atoms with Crippen LogP contribution in [0.15, 0.2) is 46.9 Å². The van der Waals surface area contributed by atoms with E-state index in [9.17, 15) is 0 Å². The second-order valence-corrected chi connectivity index (χ2v) is 4.94. The largest absolute Gasteiger partial charge is 0.497 e. The van der Waals surface area contributed by atoms with Crippen molar-refractivity contribution in [1.29, 1.82) is 0 Å². The van der Waals surface area contributed by atoms with Crippen molar-refractivity contribution < 1.29 is 9.47 Å². The molecule has 2 aromatic rings. The van der Waals surface area contributed by atoms with Crippen LogP contribution in [0.5, 0.6) is 11.5 Å². The number of benzene rings is 2. The molecule has 2 aromatic carbocycles. The van der Waals surface area contributed by atoms with Gasteiger partial charge in [-0.25, -0.2) is 0 Å². The third kappa shape index (κ3) is 3.18. The summed E-state index contributed by atoms with van der Waals surface area (Å²) in [6.45, 7) is 0.435. The van der Waals surface area contributed by atoms with Crippen LogP contribution in [-0.4, -0.2) is 7.11 Å². The first-order valence-corrected chi connectivity index (χ1v) is 6.57. The molecule has 0 saturated carbocycles. The molecule has 0 aliphatic rings. The Bertz CT molecular complexity index is 543. The normalized spacial score (nSPS) is 10.2. The zero-order chi connectivity index (χ0) is 13.0. The number of hydrogen-bond acceptors (Lipinski definition) is 2. The maximum Gasteiger partial charge on any atom is 0.134 e. The zero-order valence-electron chi connectivity index (χ0n) is 9.82. The molecule has 0 radical (unpaired) electrons. The highest BCUT2D eigenvalue weighted by Crippen LogP contribution is 2.30. The highest BCUT2D eigenvalue weighted by Gasteiger charge is 2.05. The molecule has 0 atom stereocenters. The third-order valence-electron chi connectivity index (χ3n) is 2.48. The average molecular weight is 328 g/mol. The van der Waals surface area contributed by atoms with Crippen LogP contribution in [0.25, 0.3) is 0 Å². The van der Waals surface area contributed by atoms with Crippen molar-refractivity contribution in [3.8, 4) is 11.5 Å². The van der Waals surface area contributed by atoms with E-state index in [1.807, 2.05) is 42.5 Å². The van der Waals surface area contributed by atoms with Crippen molar-refractivity contribution >= 4 is 27.5 Å². The van der Waals surface area contributed by atoms with Crippen LogP contribution in [0.4, 0.5) is 0 Å². The average Bonchev–Trinajstić information content (AvgIpc) is 2.39. The Hall–Kier alpha value is -1.19. The minimum absolute atomic E-state index is 0.435.